The lowest BCUT2D eigenvalue weighted by molar-refractivity contribution is -0.870. The molecule has 16 heavy (non-hydrogen) atoms. The maximum absolute atomic E-state index is 10.2. The van der Waals surface area contributed by atoms with Crippen LogP contribution in [0.3, 0.4) is 0 Å². The minimum Gasteiger partial charge on any atom is -0.450 e. The van der Waals surface area contributed by atoms with E-state index in [1.807, 2.05) is 21.1 Å². The zero-order chi connectivity index (χ0) is 12.7. The molecular weight excluding hydrogens is 233 g/mol. The molecule has 0 unspecified atom stereocenters. The standard InChI is InChI=1S/C5H14NO4P.C3H3N2/c1-6(2,3)4-5-10-11(7,8)9;1-2-5-3-4-1/h4-5H2,1-3H3,(H-,7,8,9);1-3H/q;-1/p+1. The van der Waals surface area contributed by atoms with Gasteiger partial charge in [0.05, 0.1) is 21.1 Å². The number of rotatable bonds is 4. The molecule has 2 N–H and O–H groups in total. The normalized spacial score (nSPS) is 11.8. The lowest BCUT2D eigenvalue weighted by Gasteiger charge is -2.23. The van der Waals surface area contributed by atoms with Crippen LogP contribution in [-0.4, -0.2) is 53.5 Å². The molecule has 0 bridgehead atoms. The number of likely N-dealkylation sites (N-methyl/N-ethyl adjacent to an activating group) is 1. The Labute approximate surface area is 94.9 Å². The summed E-state index contributed by atoms with van der Waals surface area (Å²) in [5.74, 6) is 0. The van der Waals surface area contributed by atoms with Crippen LogP contribution in [0.25, 0.3) is 0 Å². The summed E-state index contributed by atoms with van der Waals surface area (Å²) in [6.45, 7) is 0.652. The summed E-state index contributed by atoms with van der Waals surface area (Å²) in [5, 5.41) is 0. The average Bonchev–Trinajstić information content (AvgIpc) is 2.54. The second kappa shape index (κ2) is 6.78. The van der Waals surface area contributed by atoms with Crippen molar-refractivity contribution in [3.63, 3.8) is 0 Å². The first kappa shape index (κ1) is 15.3. The largest absolute Gasteiger partial charge is 0.469 e. The van der Waals surface area contributed by atoms with Crippen LogP contribution in [0, 0.1) is 0 Å². The van der Waals surface area contributed by atoms with Crippen LogP contribution in [0.2, 0.25) is 0 Å². The zero-order valence-corrected chi connectivity index (χ0v) is 10.5. The van der Waals surface area contributed by atoms with E-state index in [0.717, 1.165) is 0 Å². The molecule has 0 atom stereocenters. The Morgan fingerprint density at radius 1 is 1.44 bits per heavy atom. The van der Waals surface area contributed by atoms with E-state index in [-0.39, 0.29) is 6.61 Å². The SMILES string of the molecule is C[N+](C)(C)CCOP(=O)(O)O.c1c[n-]cn1. The van der Waals surface area contributed by atoms with Crippen LogP contribution in [0.5, 0.6) is 0 Å². The van der Waals surface area contributed by atoms with Gasteiger partial charge in [0.15, 0.2) is 0 Å². The number of phosphoric acid groups is 1. The third-order valence-electron chi connectivity index (χ3n) is 1.39. The van der Waals surface area contributed by atoms with Crippen LogP contribution >= 0.6 is 7.82 Å². The highest BCUT2D eigenvalue weighted by atomic mass is 31.2. The fourth-order valence-electron chi connectivity index (χ4n) is 0.626. The van der Waals surface area contributed by atoms with Crippen LogP contribution in [0.1, 0.15) is 0 Å². The van der Waals surface area contributed by atoms with Gasteiger partial charge in [0.2, 0.25) is 0 Å². The van der Waals surface area contributed by atoms with Crippen LogP contribution in [0.15, 0.2) is 18.7 Å². The van der Waals surface area contributed by atoms with E-state index in [2.05, 4.69) is 14.5 Å². The second-order valence-electron chi connectivity index (χ2n) is 4.05. The molecule has 94 valence electrons. The molecule has 1 rings (SSSR count). The molecule has 7 nitrogen and oxygen atoms in total. The van der Waals surface area contributed by atoms with Gasteiger partial charge in [-0.25, -0.2) is 4.57 Å². The maximum atomic E-state index is 10.2. The fraction of sp³-hybridized carbons (Fsp3) is 0.625. The van der Waals surface area contributed by atoms with Gasteiger partial charge in [0.25, 0.3) is 0 Å². The minimum absolute atomic E-state index is 0.0772. The van der Waals surface area contributed by atoms with Crippen molar-refractivity contribution in [1.29, 1.82) is 0 Å². The summed E-state index contributed by atoms with van der Waals surface area (Å²) in [6.07, 6.45) is 4.78. The predicted octanol–water partition coefficient (Wildman–Crippen LogP) is -0.159. The Morgan fingerprint density at radius 3 is 2.31 bits per heavy atom. The highest BCUT2D eigenvalue weighted by Gasteiger charge is 2.15. The van der Waals surface area contributed by atoms with Crippen molar-refractivity contribution in [2.45, 2.75) is 0 Å². The van der Waals surface area contributed by atoms with E-state index in [9.17, 15) is 4.57 Å². The number of aromatic nitrogens is 2. The number of hydrogen-bond acceptors (Lipinski definition) is 3. The van der Waals surface area contributed by atoms with E-state index in [1.165, 1.54) is 6.33 Å². The van der Waals surface area contributed by atoms with Crippen molar-refractivity contribution in [3.05, 3.63) is 18.7 Å². The van der Waals surface area contributed by atoms with Crippen LogP contribution in [0.4, 0.5) is 0 Å². The van der Waals surface area contributed by atoms with Gasteiger partial charge in [-0.05, 0) is 0 Å². The lowest BCUT2D eigenvalue weighted by atomic mass is 10.5. The third-order valence-corrected chi connectivity index (χ3v) is 1.91. The topological polar surface area (TPSA) is 93.8 Å². The second-order valence-corrected chi connectivity index (χ2v) is 5.29. The van der Waals surface area contributed by atoms with Crippen molar-refractivity contribution in [3.8, 4) is 0 Å². The first-order valence-corrected chi connectivity index (χ1v) is 6.11. The van der Waals surface area contributed by atoms with Crippen LogP contribution in [-0.2, 0) is 9.09 Å². The van der Waals surface area contributed by atoms with E-state index < -0.39 is 7.82 Å². The molecule has 1 heterocycles. The summed E-state index contributed by atoms with van der Waals surface area (Å²) >= 11 is 0. The summed E-state index contributed by atoms with van der Waals surface area (Å²) in [5.41, 5.74) is 0. The molecule has 0 aromatic carbocycles. The lowest BCUT2D eigenvalue weighted by Crippen LogP contribution is -2.37. The summed E-state index contributed by atoms with van der Waals surface area (Å²) in [6, 6.07) is 0. The summed E-state index contributed by atoms with van der Waals surface area (Å²) in [4.78, 5) is 23.8. The van der Waals surface area contributed by atoms with Crippen molar-refractivity contribution in [2.24, 2.45) is 0 Å². The molecule has 0 aliphatic heterocycles. The number of imidazole rings is 1. The Kier molecular flexibility index (Phi) is 6.47. The molecule has 1 aromatic rings. The van der Waals surface area contributed by atoms with Crippen LogP contribution < -0.4 is 4.98 Å². The first-order chi connectivity index (χ1) is 7.21. The highest BCUT2D eigenvalue weighted by molar-refractivity contribution is 7.46. The van der Waals surface area contributed by atoms with Gasteiger partial charge in [-0.1, -0.05) is 18.7 Å². The molecule has 0 amide bonds. The van der Waals surface area contributed by atoms with Gasteiger partial charge in [-0.2, -0.15) is 0 Å². The van der Waals surface area contributed by atoms with Gasteiger partial charge >= 0.3 is 7.82 Å². The smallest absolute Gasteiger partial charge is 0.450 e. The van der Waals surface area contributed by atoms with Gasteiger partial charge in [0.1, 0.15) is 13.2 Å². The highest BCUT2D eigenvalue weighted by Crippen LogP contribution is 2.35. The zero-order valence-electron chi connectivity index (χ0n) is 9.65. The molecule has 1 aromatic heterocycles. The van der Waals surface area contributed by atoms with E-state index in [1.54, 1.807) is 12.4 Å². The number of nitrogens with zero attached hydrogens (tertiary/aromatic N) is 3. The third kappa shape index (κ3) is 13.3. The van der Waals surface area contributed by atoms with Crippen molar-refractivity contribution < 1.29 is 23.4 Å². The molecular formula is C8H18N3O4P. The number of phosphoric ester groups is 1. The molecule has 0 radical (unpaired) electrons. The van der Waals surface area contributed by atoms with E-state index >= 15 is 0 Å². The molecule has 0 saturated carbocycles. The Hall–Kier alpha value is -0.720. The summed E-state index contributed by atoms with van der Waals surface area (Å²) < 4.78 is 15.1. The monoisotopic (exact) mass is 251 g/mol. The molecule has 0 aliphatic rings. The average molecular weight is 251 g/mol. The van der Waals surface area contributed by atoms with Crippen molar-refractivity contribution >= 4 is 7.82 Å². The quantitative estimate of drug-likeness (QED) is 0.570. The molecule has 8 heteroatoms. The molecule has 0 fully saturated rings. The first-order valence-electron chi connectivity index (χ1n) is 4.58. The maximum Gasteiger partial charge on any atom is 0.469 e. The number of hydrogen-bond donors (Lipinski definition) is 2. The van der Waals surface area contributed by atoms with Gasteiger partial charge in [-0.15, -0.1) is 0 Å². The predicted molar refractivity (Wildman–Crippen MR) is 58.5 cm³/mol. The Balaban J connectivity index is 0.000000368. The Bertz CT molecular complexity index is 286. The van der Waals surface area contributed by atoms with Crippen molar-refractivity contribution in [1.82, 2.24) is 9.97 Å². The molecule has 0 aliphatic carbocycles. The number of quaternary nitrogens is 1. The summed E-state index contributed by atoms with van der Waals surface area (Å²) in [7, 11) is 1.50. The van der Waals surface area contributed by atoms with Gasteiger partial charge < -0.3 is 24.2 Å². The fourth-order valence-corrected chi connectivity index (χ4v) is 0.946. The Morgan fingerprint density at radius 2 is 2.06 bits per heavy atom. The molecule has 0 spiro atoms. The van der Waals surface area contributed by atoms with Crippen molar-refractivity contribution in [2.75, 3.05) is 34.3 Å². The molecule has 0 saturated heterocycles. The van der Waals surface area contributed by atoms with E-state index in [4.69, 9.17) is 9.79 Å². The minimum atomic E-state index is -4.26. The van der Waals surface area contributed by atoms with E-state index in [0.29, 0.717) is 11.0 Å². The van der Waals surface area contributed by atoms with Gasteiger partial charge in [0, 0.05) is 0 Å². The van der Waals surface area contributed by atoms with Gasteiger partial charge in [-0.3, -0.25) is 4.52 Å².